The summed E-state index contributed by atoms with van der Waals surface area (Å²) in [6.45, 7) is 1.46. The molecule has 1 aromatic rings. The fraction of sp³-hybridized carbons (Fsp3) is 0.385. The van der Waals surface area contributed by atoms with Crippen LogP contribution in [0, 0.1) is 5.92 Å². The van der Waals surface area contributed by atoms with Crippen molar-refractivity contribution in [3.8, 4) is 5.75 Å². The van der Waals surface area contributed by atoms with E-state index in [0.717, 1.165) is 12.8 Å². The van der Waals surface area contributed by atoms with Gasteiger partial charge in [-0.15, -0.1) is 0 Å². The molecule has 1 saturated carbocycles. The maximum Gasteiger partial charge on any atom is 0.344 e. The van der Waals surface area contributed by atoms with Gasteiger partial charge in [0.25, 0.3) is 0 Å². The summed E-state index contributed by atoms with van der Waals surface area (Å²) in [7, 11) is 0. The van der Waals surface area contributed by atoms with Crippen LogP contribution in [0.1, 0.15) is 30.1 Å². The molecular weight excluding hydrogens is 220 g/mol. The van der Waals surface area contributed by atoms with Gasteiger partial charge in [-0.05, 0) is 44.0 Å². The van der Waals surface area contributed by atoms with E-state index >= 15 is 0 Å². The Labute approximate surface area is 99.2 Å². The van der Waals surface area contributed by atoms with Gasteiger partial charge in [0.1, 0.15) is 5.75 Å². The standard InChI is InChI=1S/C13H14O4/c1-8(13(15)16)17-11-6-4-10(5-7-11)12(14)9-2-3-9/h4-9H,2-3H2,1H3,(H,15,16). The minimum atomic E-state index is -1.01. The number of carboxylic acids is 1. The molecule has 4 nitrogen and oxygen atoms in total. The van der Waals surface area contributed by atoms with Crippen molar-refractivity contribution in [1.29, 1.82) is 0 Å². The molecule has 1 unspecified atom stereocenters. The first-order valence-corrected chi connectivity index (χ1v) is 5.61. The molecule has 0 amide bonds. The lowest BCUT2D eigenvalue weighted by Crippen LogP contribution is -2.22. The summed E-state index contributed by atoms with van der Waals surface area (Å²) in [5.74, 6) is -0.182. The van der Waals surface area contributed by atoms with Crippen molar-refractivity contribution in [2.75, 3.05) is 0 Å². The molecule has 0 spiro atoms. The van der Waals surface area contributed by atoms with Crippen LogP contribution in [0.15, 0.2) is 24.3 Å². The number of ketones is 1. The fourth-order valence-corrected chi connectivity index (χ4v) is 1.53. The number of rotatable bonds is 5. The van der Waals surface area contributed by atoms with E-state index in [0.29, 0.717) is 11.3 Å². The van der Waals surface area contributed by atoms with Crippen molar-refractivity contribution in [3.63, 3.8) is 0 Å². The second-order valence-corrected chi connectivity index (χ2v) is 4.26. The summed E-state index contributed by atoms with van der Waals surface area (Å²) in [5.41, 5.74) is 0.669. The zero-order valence-corrected chi connectivity index (χ0v) is 9.55. The van der Waals surface area contributed by atoms with Crippen molar-refractivity contribution in [3.05, 3.63) is 29.8 Å². The number of aliphatic carboxylic acids is 1. The molecule has 0 radical (unpaired) electrons. The zero-order valence-electron chi connectivity index (χ0n) is 9.55. The smallest absolute Gasteiger partial charge is 0.344 e. The van der Waals surface area contributed by atoms with Crippen LogP contribution in [0.4, 0.5) is 0 Å². The zero-order chi connectivity index (χ0) is 12.4. The van der Waals surface area contributed by atoms with Crippen molar-refractivity contribution < 1.29 is 19.4 Å². The fourth-order valence-electron chi connectivity index (χ4n) is 1.53. The van der Waals surface area contributed by atoms with Crippen molar-refractivity contribution >= 4 is 11.8 Å². The van der Waals surface area contributed by atoms with Gasteiger partial charge in [0, 0.05) is 11.5 Å². The topological polar surface area (TPSA) is 63.6 Å². The second-order valence-electron chi connectivity index (χ2n) is 4.26. The Hall–Kier alpha value is -1.84. The molecule has 0 bridgehead atoms. The van der Waals surface area contributed by atoms with Gasteiger partial charge < -0.3 is 9.84 Å². The maximum absolute atomic E-state index is 11.7. The first-order chi connectivity index (χ1) is 8.08. The highest BCUT2D eigenvalue weighted by atomic mass is 16.5. The van der Waals surface area contributed by atoms with Crippen LogP contribution in [0.2, 0.25) is 0 Å². The van der Waals surface area contributed by atoms with Crippen LogP contribution < -0.4 is 4.74 Å². The molecule has 0 saturated heterocycles. The third-order valence-electron chi connectivity index (χ3n) is 2.75. The number of carboxylic acid groups (broad SMARTS) is 1. The van der Waals surface area contributed by atoms with Crippen molar-refractivity contribution in [1.82, 2.24) is 0 Å². The molecule has 1 N–H and O–H groups in total. The first kappa shape index (κ1) is 11.6. The molecule has 1 aromatic carbocycles. The normalized spacial score (nSPS) is 16.3. The third kappa shape index (κ3) is 2.84. The minimum Gasteiger partial charge on any atom is -0.479 e. The lowest BCUT2D eigenvalue weighted by Gasteiger charge is -2.10. The summed E-state index contributed by atoms with van der Waals surface area (Å²) in [6, 6.07) is 6.64. The summed E-state index contributed by atoms with van der Waals surface area (Å²) in [5, 5.41) is 8.69. The average molecular weight is 234 g/mol. The van der Waals surface area contributed by atoms with E-state index in [1.807, 2.05) is 0 Å². The summed E-state index contributed by atoms with van der Waals surface area (Å²) in [6.07, 6.45) is 1.07. The van der Waals surface area contributed by atoms with E-state index in [1.54, 1.807) is 24.3 Å². The molecule has 0 heterocycles. The highest BCUT2D eigenvalue weighted by Gasteiger charge is 2.30. The Morgan fingerprint density at radius 2 is 1.88 bits per heavy atom. The van der Waals surface area contributed by atoms with Crippen LogP contribution in [0.3, 0.4) is 0 Å². The lowest BCUT2D eigenvalue weighted by atomic mass is 10.1. The molecule has 17 heavy (non-hydrogen) atoms. The molecule has 2 rings (SSSR count). The quantitative estimate of drug-likeness (QED) is 0.793. The van der Waals surface area contributed by atoms with E-state index in [-0.39, 0.29) is 11.7 Å². The van der Waals surface area contributed by atoms with Crippen molar-refractivity contribution in [2.45, 2.75) is 25.9 Å². The first-order valence-electron chi connectivity index (χ1n) is 5.61. The third-order valence-corrected chi connectivity index (χ3v) is 2.75. The molecule has 1 fully saturated rings. The number of ether oxygens (including phenoxy) is 1. The molecule has 0 aromatic heterocycles. The van der Waals surface area contributed by atoms with Crippen LogP contribution in [0.25, 0.3) is 0 Å². The van der Waals surface area contributed by atoms with Crippen LogP contribution in [-0.2, 0) is 4.79 Å². The van der Waals surface area contributed by atoms with Gasteiger partial charge in [-0.2, -0.15) is 0 Å². The van der Waals surface area contributed by atoms with Gasteiger partial charge in [-0.1, -0.05) is 0 Å². The number of hydrogen-bond donors (Lipinski definition) is 1. The molecular formula is C13H14O4. The SMILES string of the molecule is CC(Oc1ccc(C(=O)C2CC2)cc1)C(=O)O. The van der Waals surface area contributed by atoms with E-state index in [9.17, 15) is 9.59 Å². The Morgan fingerprint density at radius 1 is 1.29 bits per heavy atom. The van der Waals surface area contributed by atoms with Gasteiger partial charge in [0.05, 0.1) is 0 Å². The van der Waals surface area contributed by atoms with E-state index in [1.165, 1.54) is 6.92 Å². The molecule has 1 aliphatic carbocycles. The number of hydrogen-bond acceptors (Lipinski definition) is 3. The average Bonchev–Trinajstić information content (AvgIpc) is 3.13. The summed E-state index contributed by atoms with van der Waals surface area (Å²) >= 11 is 0. The Morgan fingerprint density at radius 3 is 2.35 bits per heavy atom. The van der Waals surface area contributed by atoms with Gasteiger partial charge in [-0.3, -0.25) is 4.79 Å². The van der Waals surface area contributed by atoms with E-state index < -0.39 is 12.1 Å². The Balaban J connectivity index is 2.02. The molecule has 1 aliphatic rings. The second kappa shape index (κ2) is 4.57. The van der Waals surface area contributed by atoms with Crippen molar-refractivity contribution in [2.24, 2.45) is 5.92 Å². The minimum absolute atomic E-state index is 0.169. The highest BCUT2D eigenvalue weighted by molar-refractivity contribution is 5.99. The van der Waals surface area contributed by atoms with Gasteiger partial charge in [0.15, 0.2) is 11.9 Å². The predicted molar refractivity (Wildman–Crippen MR) is 61.2 cm³/mol. The van der Waals surface area contributed by atoms with Crippen LogP contribution in [0.5, 0.6) is 5.75 Å². The van der Waals surface area contributed by atoms with Gasteiger partial charge >= 0.3 is 5.97 Å². The number of benzene rings is 1. The molecule has 1 atom stereocenters. The summed E-state index contributed by atoms with van der Waals surface area (Å²) < 4.78 is 5.18. The van der Waals surface area contributed by atoms with E-state index in [2.05, 4.69) is 0 Å². The van der Waals surface area contributed by atoms with Gasteiger partial charge in [0.2, 0.25) is 0 Å². The van der Waals surface area contributed by atoms with Gasteiger partial charge in [-0.25, -0.2) is 4.79 Å². The monoisotopic (exact) mass is 234 g/mol. The number of Topliss-reactive ketones (excluding diaryl/α,β-unsaturated/α-hetero) is 1. The molecule has 90 valence electrons. The molecule has 0 aliphatic heterocycles. The summed E-state index contributed by atoms with van der Waals surface area (Å²) in [4.78, 5) is 22.3. The molecule has 4 heteroatoms. The van der Waals surface area contributed by atoms with E-state index in [4.69, 9.17) is 9.84 Å². The van der Waals surface area contributed by atoms with Crippen LogP contribution >= 0.6 is 0 Å². The lowest BCUT2D eigenvalue weighted by molar-refractivity contribution is -0.144. The Bertz CT molecular complexity index is 431. The van der Waals surface area contributed by atoms with Crippen LogP contribution in [-0.4, -0.2) is 23.0 Å². The number of carbonyl (C=O) groups excluding carboxylic acids is 1. The largest absolute Gasteiger partial charge is 0.479 e. The Kier molecular flexibility index (Phi) is 3.13. The maximum atomic E-state index is 11.7. The highest BCUT2D eigenvalue weighted by Crippen LogP contribution is 2.32. The number of carbonyl (C=O) groups is 2. The predicted octanol–water partition coefficient (Wildman–Crippen LogP) is 2.13.